The van der Waals surface area contributed by atoms with Crippen LogP contribution in [0.1, 0.15) is 5.69 Å². The summed E-state index contributed by atoms with van der Waals surface area (Å²) in [4.78, 5) is 14.7. The van der Waals surface area contributed by atoms with Gasteiger partial charge in [-0.3, -0.25) is 4.79 Å². The normalized spacial score (nSPS) is 12.8. The van der Waals surface area contributed by atoms with Gasteiger partial charge in [-0.1, -0.05) is 0 Å². The van der Waals surface area contributed by atoms with Crippen molar-refractivity contribution in [2.45, 2.75) is 12.5 Å². The van der Waals surface area contributed by atoms with Gasteiger partial charge < -0.3 is 14.8 Å². The number of hydrogen-bond acceptors (Lipinski definition) is 3. The largest absolute Gasteiger partial charge is 0.480 e. The number of carbonyl (C=O) groups is 1. The Morgan fingerprint density at radius 1 is 1.92 bits per heavy atom. The first-order chi connectivity index (χ1) is 6.13. The molecular formula is C7H12N3O2P. The number of aromatic nitrogens is 2. The second-order valence-corrected chi connectivity index (χ2v) is 3.29. The molecule has 0 aromatic carbocycles. The summed E-state index contributed by atoms with van der Waals surface area (Å²) < 4.78 is 1.71. The van der Waals surface area contributed by atoms with Gasteiger partial charge in [-0.15, -0.1) is 0 Å². The van der Waals surface area contributed by atoms with E-state index >= 15 is 0 Å². The second-order valence-electron chi connectivity index (χ2n) is 2.70. The molecule has 5 nitrogen and oxygen atoms in total. The molecule has 0 spiro atoms. The number of carboxylic acids is 1. The zero-order valence-electron chi connectivity index (χ0n) is 7.27. The van der Waals surface area contributed by atoms with E-state index < -0.39 is 12.0 Å². The number of likely N-dealkylation sites (N-methyl/N-ethyl adjacent to an activating group) is 1. The van der Waals surface area contributed by atoms with E-state index in [1.165, 1.54) is 0 Å². The average Bonchev–Trinajstić information content (AvgIpc) is 2.46. The maximum atomic E-state index is 10.6. The third-order valence-corrected chi connectivity index (χ3v) is 2.00. The Morgan fingerprint density at radius 2 is 2.62 bits per heavy atom. The van der Waals surface area contributed by atoms with E-state index in [4.69, 9.17) is 5.11 Å². The fourth-order valence-electron chi connectivity index (χ4n) is 1.01. The van der Waals surface area contributed by atoms with Crippen LogP contribution in [0.4, 0.5) is 0 Å². The lowest BCUT2D eigenvalue weighted by Gasteiger charge is -2.08. The van der Waals surface area contributed by atoms with Crippen LogP contribution in [-0.4, -0.2) is 33.5 Å². The van der Waals surface area contributed by atoms with Gasteiger partial charge in [-0.25, -0.2) is 4.98 Å². The number of hydrogen-bond donors (Lipinski definition) is 2. The molecule has 0 bridgehead atoms. The third kappa shape index (κ3) is 2.79. The van der Waals surface area contributed by atoms with Crippen LogP contribution in [0.5, 0.6) is 0 Å². The molecule has 0 fully saturated rings. The van der Waals surface area contributed by atoms with Gasteiger partial charge in [0.1, 0.15) is 6.04 Å². The number of nitrogens with zero attached hydrogens (tertiary/aromatic N) is 2. The van der Waals surface area contributed by atoms with E-state index in [0.717, 1.165) is 5.69 Å². The molecule has 1 unspecified atom stereocenters. The Labute approximate surface area is 78.4 Å². The lowest BCUT2D eigenvalue weighted by atomic mass is 10.2. The van der Waals surface area contributed by atoms with Gasteiger partial charge in [0.05, 0.1) is 12.0 Å². The van der Waals surface area contributed by atoms with E-state index in [-0.39, 0.29) is 0 Å². The number of carboxylic acid groups (broad SMARTS) is 1. The van der Waals surface area contributed by atoms with E-state index in [9.17, 15) is 4.79 Å². The molecule has 1 heterocycles. The molecule has 6 heteroatoms. The number of aliphatic carboxylic acids is 1. The van der Waals surface area contributed by atoms with Crippen molar-refractivity contribution in [3.05, 3.63) is 18.2 Å². The fourth-order valence-corrected chi connectivity index (χ4v) is 1.25. The van der Waals surface area contributed by atoms with Crippen LogP contribution in [0.2, 0.25) is 0 Å². The highest BCUT2D eigenvalue weighted by Gasteiger charge is 2.16. The van der Waals surface area contributed by atoms with Crippen LogP contribution in [-0.2, 0) is 11.2 Å². The predicted molar refractivity (Wildman–Crippen MR) is 51.5 cm³/mol. The van der Waals surface area contributed by atoms with Gasteiger partial charge in [0.15, 0.2) is 0 Å². The van der Waals surface area contributed by atoms with Crippen molar-refractivity contribution < 1.29 is 9.90 Å². The molecule has 0 radical (unpaired) electrons. The molecule has 0 aliphatic rings. The molecule has 2 atom stereocenters. The number of nitrogens with one attached hydrogen (secondary N) is 1. The maximum Gasteiger partial charge on any atom is 0.321 e. The quantitative estimate of drug-likeness (QED) is 0.658. The van der Waals surface area contributed by atoms with Gasteiger partial charge in [-0.2, -0.15) is 0 Å². The van der Waals surface area contributed by atoms with E-state index in [0.29, 0.717) is 6.42 Å². The van der Waals surface area contributed by atoms with Crippen molar-refractivity contribution in [2.75, 3.05) is 7.05 Å². The summed E-state index contributed by atoms with van der Waals surface area (Å²) in [6, 6.07) is -0.570. The van der Waals surface area contributed by atoms with Crippen molar-refractivity contribution in [1.82, 2.24) is 14.6 Å². The number of rotatable bonds is 4. The molecule has 0 aliphatic heterocycles. The summed E-state index contributed by atoms with van der Waals surface area (Å²) in [6.45, 7) is 0. The summed E-state index contributed by atoms with van der Waals surface area (Å²) >= 11 is 0. The standard InChI is InChI=1S/C7H12N3O2P/c1-8-6(7(11)12)2-5-3-10(13)4-9-5/h3-4,6,8H,2,13H2,1H3,(H,11,12)/t6-/m0/s1. The highest BCUT2D eigenvalue weighted by atomic mass is 31.0. The molecule has 2 N–H and O–H groups in total. The van der Waals surface area contributed by atoms with Crippen LogP contribution >= 0.6 is 9.39 Å². The fraction of sp³-hybridized carbons (Fsp3) is 0.429. The van der Waals surface area contributed by atoms with Crippen molar-refractivity contribution >= 4 is 15.4 Å². The van der Waals surface area contributed by atoms with Gasteiger partial charge in [0, 0.05) is 12.6 Å². The summed E-state index contributed by atoms with van der Waals surface area (Å²) in [5, 5.41) is 11.4. The monoisotopic (exact) mass is 201 g/mol. The Bertz CT molecular complexity index is 300. The minimum atomic E-state index is -0.860. The van der Waals surface area contributed by atoms with E-state index in [1.807, 2.05) is 0 Å². The second kappa shape index (κ2) is 4.35. The Hall–Kier alpha value is -0.930. The lowest BCUT2D eigenvalue weighted by Crippen LogP contribution is -2.35. The molecule has 0 amide bonds. The zero-order chi connectivity index (χ0) is 9.84. The van der Waals surface area contributed by atoms with Gasteiger partial charge in [0.2, 0.25) is 0 Å². The van der Waals surface area contributed by atoms with Crippen LogP contribution in [0, 0.1) is 0 Å². The Kier molecular flexibility index (Phi) is 3.39. The summed E-state index contributed by atoms with van der Waals surface area (Å²) in [5.41, 5.74) is 0.761. The molecule has 1 rings (SSSR count). The van der Waals surface area contributed by atoms with Gasteiger partial charge in [-0.05, 0) is 16.4 Å². The van der Waals surface area contributed by atoms with Crippen LogP contribution < -0.4 is 5.32 Å². The average molecular weight is 201 g/mol. The molecule has 1 aromatic rings. The highest BCUT2D eigenvalue weighted by molar-refractivity contribution is 7.14. The lowest BCUT2D eigenvalue weighted by molar-refractivity contribution is -0.139. The predicted octanol–water partition coefficient (Wildman–Crippen LogP) is -0.264. The molecule has 72 valence electrons. The molecule has 0 aliphatic carbocycles. The molecule has 0 saturated heterocycles. The molecule has 1 aromatic heterocycles. The first-order valence-electron chi connectivity index (χ1n) is 3.81. The van der Waals surface area contributed by atoms with Gasteiger partial charge in [0.25, 0.3) is 0 Å². The molecule has 0 saturated carbocycles. The topological polar surface area (TPSA) is 67.2 Å². The Balaban J connectivity index is 2.61. The summed E-state index contributed by atoms with van der Waals surface area (Å²) in [7, 11) is 4.06. The van der Waals surface area contributed by atoms with Gasteiger partial charge >= 0.3 is 5.97 Å². The minimum absolute atomic E-state index is 0.396. The Morgan fingerprint density at radius 3 is 3.00 bits per heavy atom. The van der Waals surface area contributed by atoms with Crippen molar-refractivity contribution in [2.24, 2.45) is 0 Å². The smallest absolute Gasteiger partial charge is 0.321 e. The third-order valence-electron chi connectivity index (χ3n) is 1.71. The molecular weight excluding hydrogens is 189 g/mol. The zero-order valence-corrected chi connectivity index (χ0v) is 8.42. The highest BCUT2D eigenvalue weighted by Crippen LogP contribution is 2.03. The SMILES string of the molecule is CN[C@@H](Cc1cn(P)cn1)C(=O)O. The van der Waals surface area contributed by atoms with Crippen LogP contribution in [0.3, 0.4) is 0 Å². The van der Waals surface area contributed by atoms with Crippen LogP contribution in [0.15, 0.2) is 12.5 Å². The van der Waals surface area contributed by atoms with E-state index in [2.05, 4.69) is 19.7 Å². The molecule has 13 heavy (non-hydrogen) atoms. The van der Waals surface area contributed by atoms with Crippen molar-refractivity contribution in [1.29, 1.82) is 0 Å². The summed E-state index contributed by atoms with van der Waals surface area (Å²) in [6.07, 6.45) is 3.79. The summed E-state index contributed by atoms with van der Waals surface area (Å²) in [5.74, 6) is -0.860. The maximum absolute atomic E-state index is 10.6. The first-order valence-corrected chi connectivity index (χ1v) is 4.33. The van der Waals surface area contributed by atoms with E-state index in [1.54, 1.807) is 23.9 Å². The van der Waals surface area contributed by atoms with Crippen molar-refractivity contribution in [3.63, 3.8) is 0 Å². The van der Waals surface area contributed by atoms with Crippen molar-refractivity contribution in [3.8, 4) is 0 Å². The first kappa shape index (κ1) is 10.2. The number of imidazole rings is 1. The van der Waals surface area contributed by atoms with Crippen LogP contribution in [0.25, 0.3) is 0 Å². The minimum Gasteiger partial charge on any atom is -0.480 e.